The summed E-state index contributed by atoms with van der Waals surface area (Å²) in [7, 11) is 1.42. The summed E-state index contributed by atoms with van der Waals surface area (Å²) >= 11 is 0. The molecule has 0 saturated heterocycles. The number of hydrogen-bond acceptors (Lipinski definition) is 3. The molecule has 2 rings (SSSR count). The Kier molecular flexibility index (Phi) is 4.00. The van der Waals surface area contributed by atoms with Crippen LogP contribution in [-0.2, 0) is 13.6 Å². The van der Waals surface area contributed by atoms with E-state index in [1.54, 1.807) is 20.8 Å². The smallest absolute Gasteiger partial charge is 0.351 e. The van der Waals surface area contributed by atoms with E-state index in [0.717, 1.165) is 25.1 Å². The molecule has 1 aromatic heterocycles. The predicted molar refractivity (Wildman–Crippen MR) is 81.9 cm³/mol. The minimum atomic E-state index is -0.743. The lowest BCUT2D eigenvalue weighted by atomic mass is 9.97. The first-order chi connectivity index (χ1) is 10.2. The highest BCUT2D eigenvalue weighted by Crippen LogP contribution is 2.32. The zero-order valence-corrected chi connectivity index (χ0v) is 13.4. The highest BCUT2D eigenvalue weighted by atomic mass is 19.1. The van der Waals surface area contributed by atoms with E-state index in [1.807, 2.05) is 6.92 Å². The Bertz CT molecular complexity index is 829. The summed E-state index contributed by atoms with van der Waals surface area (Å²) in [5.41, 5.74) is 1.91. The maximum Gasteiger partial charge on any atom is 0.351 e. The van der Waals surface area contributed by atoms with Gasteiger partial charge in [0.05, 0.1) is 12.2 Å². The van der Waals surface area contributed by atoms with Gasteiger partial charge in [0.15, 0.2) is 0 Å². The van der Waals surface area contributed by atoms with Crippen LogP contribution in [0.4, 0.5) is 4.39 Å². The van der Waals surface area contributed by atoms with Crippen LogP contribution in [0.25, 0.3) is 5.69 Å². The van der Waals surface area contributed by atoms with Crippen LogP contribution < -0.4 is 11.4 Å². The van der Waals surface area contributed by atoms with Gasteiger partial charge in [-0.05, 0) is 44.4 Å². The maximum absolute atomic E-state index is 12.6. The minimum absolute atomic E-state index is 0.0605. The molecule has 7 heteroatoms. The lowest BCUT2D eigenvalue weighted by Crippen LogP contribution is -2.29. The molecule has 22 heavy (non-hydrogen) atoms. The Morgan fingerprint density at radius 2 is 1.55 bits per heavy atom. The van der Waals surface area contributed by atoms with Crippen LogP contribution in [0.5, 0.6) is 5.75 Å². The Labute approximate surface area is 127 Å². The normalized spacial score (nSPS) is 11.2. The molecule has 120 valence electrons. The van der Waals surface area contributed by atoms with Crippen molar-refractivity contribution in [3.8, 4) is 11.4 Å². The summed E-state index contributed by atoms with van der Waals surface area (Å²) < 4.78 is 15.7. The number of phenolic OH excluding ortho intramolecular Hbond substituents is 1. The number of rotatable bonds is 3. The van der Waals surface area contributed by atoms with Crippen molar-refractivity contribution in [3.05, 3.63) is 43.2 Å². The average Bonchev–Trinajstić information content (AvgIpc) is 2.69. The molecule has 0 aliphatic rings. The number of halogens is 1. The molecule has 0 bridgehead atoms. The van der Waals surface area contributed by atoms with E-state index in [2.05, 4.69) is 0 Å². The lowest BCUT2D eigenvalue weighted by Gasteiger charge is -2.16. The molecule has 1 N–H and O–H groups in total. The van der Waals surface area contributed by atoms with Gasteiger partial charge in [-0.3, -0.25) is 0 Å². The van der Waals surface area contributed by atoms with E-state index in [-0.39, 0.29) is 12.3 Å². The largest absolute Gasteiger partial charge is 0.507 e. The highest BCUT2D eigenvalue weighted by molar-refractivity contribution is 5.60. The predicted octanol–water partition coefficient (Wildman–Crippen LogP) is 1.25. The fourth-order valence-corrected chi connectivity index (χ4v) is 2.74. The molecule has 0 fully saturated rings. The number of benzene rings is 1. The Morgan fingerprint density at radius 1 is 0.955 bits per heavy atom. The molecule has 0 spiro atoms. The lowest BCUT2D eigenvalue weighted by molar-refractivity contribution is 0.387. The van der Waals surface area contributed by atoms with Crippen molar-refractivity contribution in [1.82, 2.24) is 13.9 Å². The van der Waals surface area contributed by atoms with Gasteiger partial charge >= 0.3 is 11.4 Å². The zero-order chi connectivity index (χ0) is 16.8. The van der Waals surface area contributed by atoms with Gasteiger partial charge in [0.2, 0.25) is 0 Å². The quantitative estimate of drug-likeness (QED) is 0.927. The van der Waals surface area contributed by atoms with Crippen LogP contribution >= 0.6 is 0 Å². The second kappa shape index (κ2) is 5.47. The van der Waals surface area contributed by atoms with E-state index in [0.29, 0.717) is 16.8 Å². The summed E-state index contributed by atoms with van der Waals surface area (Å²) in [6.07, 6.45) is 0. The van der Waals surface area contributed by atoms with Crippen molar-refractivity contribution in [2.24, 2.45) is 7.05 Å². The van der Waals surface area contributed by atoms with Crippen LogP contribution in [0.3, 0.4) is 0 Å². The average molecular weight is 309 g/mol. The molecule has 6 nitrogen and oxygen atoms in total. The van der Waals surface area contributed by atoms with Gasteiger partial charge in [0, 0.05) is 12.6 Å². The second-order valence-electron chi connectivity index (χ2n) is 5.43. The molecule has 1 aromatic carbocycles. The van der Waals surface area contributed by atoms with E-state index >= 15 is 0 Å². The molecule has 0 unspecified atom stereocenters. The number of phenols is 1. The SMILES string of the molecule is Cc1c(C)c(O)c(C)c(-n2c(=O)n(C)n(CCF)c2=O)c1C. The molecule has 0 saturated carbocycles. The van der Waals surface area contributed by atoms with Crippen LogP contribution in [-0.4, -0.2) is 25.7 Å². The summed E-state index contributed by atoms with van der Waals surface area (Å²) in [6.45, 7) is 6.12. The molecule has 0 radical (unpaired) electrons. The highest BCUT2D eigenvalue weighted by Gasteiger charge is 2.22. The van der Waals surface area contributed by atoms with Gasteiger partial charge < -0.3 is 5.11 Å². The summed E-state index contributed by atoms with van der Waals surface area (Å²) in [4.78, 5) is 24.9. The van der Waals surface area contributed by atoms with Crippen LogP contribution in [0.2, 0.25) is 0 Å². The maximum atomic E-state index is 12.6. The topological polar surface area (TPSA) is 69.2 Å². The molecule has 2 aromatic rings. The third-order valence-corrected chi connectivity index (χ3v) is 4.31. The Balaban J connectivity index is 2.94. The van der Waals surface area contributed by atoms with Crippen molar-refractivity contribution >= 4 is 0 Å². The number of alkyl halides is 1. The summed E-state index contributed by atoms with van der Waals surface area (Å²) in [5.74, 6) is 0.0605. The number of nitrogens with zero attached hydrogens (tertiary/aromatic N) is 3. The zero-order valence-electron chi connectivity index (χ0n) is 13.4. The molecule has 0 aliphatic heterocycles. The summed E-state index contributed by atoms with van der Waals surface area (Å²) in [6, 6.07) is 0. The number of aromatic hydroxyl groups is 1. The Hall–Kier alpha value is -2.31. The first-order valence-corrected chi connectivity index (χ1v) is 6.98. The van der Waals surface area contributed by atoms with Gasteiger partial charge in [-0.1, -0.05) is 0 Å². The van der Waals surface area contributed by atoms with Gasteiger partial charge in [-0.2, -0.15) is 0 Å². The molecule has 0 atom stereocenters. The first-order valence-electron chi connectivity index (χ1n) is 6.98. The third-order valence-electron chi connectivity index (χ3n) is 4.31. The second-order valence-corrected chi connectivity index (χ2v) is 5.43. The van der Waals surface area contributed by atoms with Crippen molar-refractivity contribution in [1.29, 1.82) is 0 Å². The molecular formula is C15H20FN3O3. The third kappa shape index (κ3) is 2.08. The van der Waals surface area contributed by atoms with Gasteiger partial charge in [0.1, 0.15) is 12.4 Å². The molecular weight excluding hydrogens is 289 g/mol. The molecule has 0 amide bonds. The van der Waals surface area contributed by atoms with Crippen LogP contribution in [0, 0.1) is 27.7 Å². The van der Waals surface area contributed by atoms with Crippen molar-refractivity contribution in [2.75, 3.05) is 6.67 Å². The van der Waals surface area contributed by atoms with Crippen molar-refractivity contribution in [3.63, 3.8) is 0 Å². The standard InChI is InChI=1S/C15H20FN3O3/c1-8-9(2)12(11(4)13(20)10(8)3)19-14(21)17(5)18(7-6-16)15(19)22/h20H,6-7H2,1-5H3. The van der Waals surface area contributed by atoms with Crippen molar-refractivity contribution in [2.45, 2.75) is 34.2 Å². The first kappa shape index (κ1) is 16.1. The van der Waals surface area contributed by atoms with Crippen LogP contribution in [0.1, 0.15) is 22.3 Å². The van der Waals surface area contributed by atoms with E-state index in [1.165, 1.54) is 7.05 Å². The minimum Gasteiger partial charge on any atom is -0.507 e. The fourth-order valence-electron chi connectivity index (χ4n) is 2.74. The van der Waals surface area contributed by atoms with Gasteiger partial charge in [-0.25, -0.2) is 27.9 Å². The fraction of sp³-hybridized carbons (Fsp3) is 0.467. The number of aromatic nitrogens is 3. The summed E-state index contributed by atoms with van der Waals surface area (Å²) in [5, 5.41) is 10.2. The van der Waals surface area contributed by atoms with E-state index < -0.39 is 18.1 Å². The number of hydrogen-bond donors (Lipinski definition) is 1. The van der Waals surface area contributed by atoms with Crippen LogP contribution in [0.15, 0.2) is 9.59 Å². The molecule has 1 heterocycles. The molecule has 0 aliphatic carbocycles. The van der Waals surface area contributed by atoms with Gasteiger partial charge in [0.25, 0.3) is 0 Å². The monoisotopic (exact) mass is 309 g/mol. The van der Waals surface area contributed by atoms with E-state index in [9.17, 15) is 19.1 Å². The Morgan fingerprint density at radius 3 is 2.09 bits per heavy atom. The van der Waals surface area contributed by atoms with Crippen molar-refractivity contribution < 1.29 is 9.50 Å². The van der Waals surface area contributed by atoms with Gasteiger partial charge in [-0.15, -0.1) is 0 Å². The van der Waals surface area contributed by atoms with E-state index in [4.69, 9.17) is 0 Å².